The van der Waals surface area contributed by atoms with Gasteiger partial charge in [0.2, 0.25) is 10.0 Å². The third-order valence-corrected chi connectivity index (χ3v) is 9.39. The first kappa shape index (κ1) is 27.5. The van der Waals surface area contributed by atoms with Crippen molar-refractivity contribution < 1.29 is 27.9 Å². The molecular weight excluding hydrogens is 494 g/mol. The van der Waals surface area contributed by atoms with Gasteiger partial charge in [0.25, 0.3) is 5.91 Å². The fourth-order valence-electron chi connectivity index (χ4n) is 5.54. The smallest absolute Gasteiger partial charge is 0.262 e. The van der Waals surface area contributed by atoms with Gasteiger partial charge < -0.3 is 9.47 Å². The molecule has 1 aromatic heterocycles. The first-order chi connectivity index (χ1) is 17.9. The summed E-state index contributed by atoms with van der Waals surface area (Å²) in [5.41, 5.74) is 2.43. The molecule has 0 saturated heterocycles. The maximum atomic E-state index is 14.0. The molecule has 2 aromatic rings. The highest BCUT2D eigenvalue weighted by atomic mass is 32.2. The van der Waals surface area contributed by atoms with E-state index in [0.29, 0.717) is 30.3 Å². The van der Waals surface area contributed by atoms with Crippen LogP contribution in [-0.4, -0.2) is 54.2 Å². The van der Waals surface area contributed by atoms with Crippen LogP contribution >= 0.6 is 0 Å². The van der Waals surface area contributed by atoms with Crippen molar-refractivity contribution in [3.63, 3.8) is 0 Å². The van der Waals surface area contributed by atoms with E-state index in [4.69, 9.17) is 9.47 Å². The number of sulfonamides is 1. The molecule has 2 N–H and O–H groups in total. The largest absolute Gasteiger partial charge is 0.497 e. The number of rotatable bonds is 10. The molecule has 0 aliphatic heterocycles. The molecule has 9 nitrogen and oxygen atoms in total. The zero-order chi connectivity index (χ0) is 26.3. The number of ether oxygens (including phenoxy) is 2. The van der Waals surface area contributed by atoms with E-state index in [1.54, 1.807) is 42.1 Å². The number of nitrogens with zero attached hydrogens (tertiary/aromatic N) is 2. The molecule has 0 spiro atoms. The fourth-order valence-corrected chi connectivity index (χ4v) is 7.18. The van der Waals surface area contributed by atoms with Gasteiger partial charge in [0.05, 0.1) is 24.2 Å². The molecular formula is C27H37N3O6S. The van der Waals surface area contributed by atoms with E-state index < -0.39 is 22.0 Å². The number of hydrogen-bond donors (Lipinski definition) is 2. The van der Waals surface area contributed by atoms with Gasteiger partial charge in [-0.1, -0.05) is 19.3 Å². The lowest BCUT2D eigenvalue weighted by molar-refractivity contribution is -0.136. The Balaban J connectivity index is 1.59. The van der Waals surface area contributed by atoms with Crippen LogP contribution in [0.5, 0.6) is 5.75 Å². The zero-order valence-corrected chi connectivity index (χ0v) is 22.1. The molecule has 0 radical (unpaired) electrons. The van der Waals surface area contributed by atoms with Crippen molar-refractivity contribution in [3.8, 4) is 5.75 Å². The quantitative estimate of drug-likeness (QED) is 0.351. The van der Waals surface area contributed by atoms with Crippen molar-refractivity contribution >= 4 is 15.9 Å². The Hall–Kier alpha value is -2.53. The van der Waals surface area contributed by atoms with Crippen molar-refractivity contribution in [1.82, 2.24) is 14.8 Å². The minimum Gasteiger partial charge on any atom is -0.497 e. The summed E-state index contributed by atoms with van der Waals surface area (Å²) in [6.45, 7) is -0.0343. The summed E-state index contributed by atoms with van der Waals surface area (Å²) in [4.78, 5) is 17.2. The van der Waals surface area contributed by atoms with Crippen LogP contribution in [0.3, 0.4) is 0 Å². The van der Waals surface area contributed by atoms with Crippen LogP contribution in [0.15, 0.2) is 53.7 Å². The maximum Gasteiger partial charge on any atom is 0.262 e. The molecule has 0 unspecified atom stereocenters. The lowest BCUT2D eigenvalue weighted by atomic mass is 9.81. The number of nitrogens with one attached hydrogen (secondary N) is 1. The highest BCUT2D eigenvalue weighted by molar-refractivity contribution is 7.89. The zero-order valence-electron chi connectivity index (χ0n) is 21.3. The second kappa shape index (κ2) is 12.8. The van der Waals surface area contributed by atoms with Crippen LogP contribution in [0.4, 0.5) is 0 Å². The maximum absolute atomic E-state index is 14.0. The monoisotopic (exact) mass is 531 g/mol. The third kappa shape index (κ3) is 6.87. The van der Waals surface area contributed by atoms with Crippen LogP contribution < -0.4 is 10.2 Å². The molecule has 1 heterocycles. The number of hydroxylamine groups is 1. The van der Waals surface area contributed by atoms with Gasteiger partial charge in [-0.15, -0.1) is 0 Å². The van der Waals surface area contributed by atoms with Gasteiger partial charge in [0, 0.05) is 18.9 Å². The van der Waals surface area contributed by atoms with E-state index in [-0.39, 0.29) is 23.5 Å². The van der Waals surface area contributed by atoms with Gasteiger partial charge in [0.15, 0.2) is 0 Å². The summed E-state index contributed by atoms with van der Waals surface area (Å²) < 4.78 is 40.7. The van der Waals surface area contributed by atoms with Gasteiger partial charge in [-0.2, -0.15) is 4.31 Å². The predicted octanol–water partition coefficient (Wildman–Crippen LogP) is 4.06. The molecule has 2 aliphatic carbocycles. The number of pyridine rings is 1. The summed E-state index contributed by atoms with van der Waals surface area (Å²) in [6, 6.07) is 8.45. The lowest BCUT2D eigenvalue weighted by Crippen LogP contribution is -2.53. The Morgan fingerprint density at radius 3 is 2.22 bits per heavy atom. The van der Waals surface area contributed by atoms with Crippen molar-refractivity contribution in [2.45, 2.75) is 87.5 Å². The van der Waals surface area contributed by atoms with Crippen LogP contribution in [0, 0.1) is 5.92 Å². The summed E-state index contributed by atoms with van der Waals surface area (Å²) in [5.74, 6) is -0.475. The molecule has 1 amide bonds. The van der Waals surface area contributed by atoms with Crippen molar-refractivity contribution in [2.24, 2.45) is 5.92 Å². The fraction of sp³-hybridized carbons (Fsp3) is 0.556. The van der Waals surface area contributed by atoms with Crippen molar-refractivity contribution in [3.05, 3.63) is 54.4 Å². The average Bonchev–Trinajstić information content (AvgIpc) is 2.94. The van der Waals surface area contributed by atoms with Crippen LogP contribution in [0.1, 0.15) is 63.4 Å². The number of carbonyl (C=O) groups is 1. The van der Waals surface area contributed by atoms with Gasteiger partial charge >= 0.3 is 0 Å². The highest BCUT2D eigenvalue weighted by Crippen LogP contribution is 2.36. The van der Waals surface area contributed by atoms with E-state index in [0.717, 1.165) is 25.7 Å². The molecule has 0 bridgehead atoms. The Morgan fingerprint density at radius 1 is 1.00 bits per heavy atom. The van der Waals surface area contributed by atoms with Gasteiger partial charge in [-0.3, -0.25) is 15.0 Å². The highest BCUT2D eigenvalue weighted by Gasteiger charge is 2.42. The van der Waals surface area contributed by atoms with Crippen LogP contribution in [0.2, 0.25) is 0 Å². The average molecular weight is 532 g/mol. The van der Waals surface area contributed by atoms with Crippen molar-refractivity contribution in [1.29, 1.82) is 0 Å². The van der Waals surface area contributed by atoms with E-state index in [2.05, 4.69) is 4.98 Å². The summed E-state index contributed by atoms with van der Waals surface area (Å²) in [5, 5.41) is 9.65. The van der Waals surface area contributed by atoms with E-state index in [1.165, 1.54) is 42.8 Å². The normalized spacial score (nSPS) is 21.9. The topological polar surface area (TPSA) is 118 Å². The molecule has 1 aromatic carbocycles. The van der Waals surface area contributed by atoms with Gasteiger partial charge in [-0.05, 0) is 86.4 Å². The van der Waals surface area contributed by atoms with Crippen LogP contribution in [0.25, 0.3) is 0 Å². The molecule has 37 heavy (non-hydrogen) atoms. The Bertz CT molecular complexity index is 1100. The first-order valence-corrected chi connectivity index (χ1v) is 14.5. The minimum atomic E-state index is -4.11. The molecule has 4 rings (SSSR count). The third-order valence-electron chi connectivity index (χ3n) is 7.55. The molecule has 2 aliphatic rings. The Morgan fingerprint density at radius 2 is 1.62 bits per heavy atom. The molecule has 1 atom stereocenters. The molecule has 202 valence electrons. The number of amides is 1. The minimum absolute atomic E-state index is 0.0343. The van der Waals surface area contributed by atoms with E-state index in [1.807, 2.05) is 0 Å². The Labute approximate surface area is 219 Å². The summed E-state index contributed by atoms with van der Waals surface area (Å²) in [6.07, 6.45) is 12.2. The van der Waals surface area contributed by atoms with Crippen LogP contribution in [-0.2, 0) is 26.1 Å². The molecule has 2 saturated carbocycles. The Kier molecular flexibility index (Phi) is 9.53. The number of benzene rings is 1. The second-order valence-electron chi connectivity index (χ2n) is 9.94. The first-order valence-electron chi connectivity index (χ1n) is 13.1. The lowest BCUT2D eigenvalue weighted by Gasteiger charge is -2.39. The summed E-state index contributed by atoms with van der Waals surface area (Å²) in [7, 11) is -2.60. The number of hydrogen-bond acceptors (Lipinski definition) is 7. The van der Waals surface area contributed by atoms with Gasteiger partial charge in [0.1, 0.15) is 11.8 Å². The number of methoxy groups -OCH3 is 1. The molecule has 10 heteroatoms. The van der Waals surface area contributed by atoms with Crippen molar-refractivity contribution in [2.75, 3.05) is 7.11 Å². The SMILES string of the molecule is COc1ccc(S(=O)(=O)N(Cc2ccncc2)[C@@H](C(=O)NO)C2CCC(OC3CCCCC3)CC2)cc1. The summed E-state index contributed by atoms with van der Waals surface area (Å²) >= 11 is 0. The number of carbonyl (C=O) groups excluding carboxylic acids is 1. The standard InChI is InChI=1S/C27H37N3O6S/c1-35-22-11-13-25(14-12-22)37(33,34)30(19-20-15-17-28-18-16-20)26(27(31)29-32)21-7-9-24(10-8-21)36-23-5-3-2-4-6-23/h11-18,21,23-24,26,32H,2-10,19H2,1H3,(H,29,31)/t21?,24?,26-/m1/s1. The number of aromatic nitrogens is 1. The van der Waals surface area contributed by atoms with E-state index in [9.17, 15) is 18.4 Å². The predicted molar refractivity (Wildman–Crippen MR) is 137 cm³/mol. The van der Waals surface area contributed by atoms with Gasteiger partial charge in [-0.25, -0.2) is 13.9 Å². The van der Waals surface area contributed by atoms with E-state index >= 15 is 0 Å². The molecule has 2 fully saturated rings. The second-order valence-corrected chi connectivity index (χ2v) is 11.8.